The third kappa shape index (κ3) is 2.95. The van der Waals surface area contributed by atoms with Crippen molar-refractivity contribution in [1.29, 1.82) is 0 Å². The van der Waals surface area contributed by atoms with Gasteiger partial charge in [-0.25, -0.2) is 0 Å². The van der Waals surface area contributed by atoms with Gasteiger partial charge in [0.1, 0.15) is 11.9 Å². The molecular weight excluding hydrogens is 274 g/mol. The van der Waals surface area contributed by atoms with Crippen LogP contribution in [0.4, 0.5) is 0 Å². The standard InChI is InChI=1S/C16H22ClNO2/c17-13-2-3-15(12(10-13)4-8-18)20-14-5-9-19-16(11-14)6-1-7-16/h2-3,10,14H,1,4-9,11,18H2. The number of benzene rings is 1. The van der Waals surface area contributed by atoms with Crippen LogP contribution in [0.15, 0.2) is 18.2 Å². The summed E-state index contributed by atoms with van der Waals surface area (Å²) in [5, 5.41) is 0.739. The fraction of sp³-hybridized carbons (Fsp3) is 0.625. The second-order valence-electron chi connectivity index (χ2n) is 5.91. The van der Waals surface area contributed by atoms with Gasteiger partial charge in [0.05, 0.1) is 12.2 Å². The summed E-state index contributed by atoms with van der Waals surface area (Å²) in [6.45, 7) is 1.42. The second kappa shape index (κ2) is 5.92. The summed E-state index contributed by atoms with van der Waals surface area (Å²) >= 11 is 6.06. The molecule has 0 amide bonds. The molecule has 1 unspecified atom stereocenters. The van der Waals surface area contributed by atoms with Crippen molar-refractivity contribution in [1.82, 2.24) is 0 Å². The zero-order valence-electron chi connectivity index (χ0n) is 11.7. The fourth-order valence-electron chi connectivity index (χ4n) is 3.20. The van der Waals surface area contributed by atoms with Crippen molar-refractivity contribution in [3.05, 3.63) is 28.8 Å². The molecule has 110 valence electrons. The summed E-state index contributed by atoms with van der Waals surface area (Å²) in [5.41, 5.74) is 6.89. The quantitative estimate of drug-likeness (QED) is 0.927. The van der Waals surface area contributed by atoms with Crippen LogP contribution in [-0.4, -0.2) is 24.9 Å². The van der Waals surface area contributed by atoms with Gasteiger partial charge in [0.2, 0.25) is 0 Å². The molecule has 1 saturated heterocycles. The van der Waals surface area contributed by atoms with Gasteiger partial charge in [0, 0.05) is 17.9 Å². The Labute approximate surface area is 125 Å². The molecule has 3 rings (SSSR count). The Kier molecular flexibility index (Phi) is 4.20. The lowest BCUT2D eigenvalue weighted by atomic mass is 9.74. The highest BCUT2D eigenvalue weighted by Gasteiger charge is 2.43. The average molecular weight is 296 g/mol. The summed E-state index contributed by atoms with van der Waals surface area (Å²) in [5.74, 6) is 0.932. The molecule has 1 saturated carbocycles. The summed E-state index contributed by atoms with van der Waals surface area (Å²) in [6.07, 6.45) is 6.67. The molecule has 3 nitrogen and oxygen atoms in total. The van der Waals surface area contributed by atoms with Crippen LogP contribution in [0.1, 0.15) is 37.7 Å². The van der Waals surface area contributed by atoms with Crippen LogP contribution in [0, 0.1) is 0 Å². The molecule has 0 radical (unpaired) electrons. The van der Waals surface area contributed by atoms with Crippen molar-refractivity contribution in [2.45, 2.75) is 50.2 Å². The maximum absolute atomic E-state index is 6.23. The molecule has 1 aromatic carbocycles. The minimum absolute atomic E-state index is 0.114. The van der Waals surface area contributed by atoms with Crippen LogP contribution in [0.5, 0.6) is 5.75 Å². The van der Waals surface area contributed by atoms with Crippen molar-refractivity contribution in [3.63, 3.8) is 0 Å². The molecule has 4 heteroatoms. The van der Waals surface area contributed by atoms with Gasteiger partial charge in [0.25, 0.3) is 0 Å². The number of nitrogens with two attached hydrogens (primary N) is 1. The maximum Gasteiger partial charge on any atom is 0.123 e. The minimum Gasteiger partial charge on any atom is -0.490 e. The Morgan fingerprint density at radius 1 is 1.40 bits per heavy atom. The topological polar surface area (TPSA) is 44.5 Å². The van der Waals surface area contributed by atoms with Crippen LogP contribution in [0.3, 0.4) is 0 Å². The zero-order valence-corrected chi connectivity index (χ0v) is 12.5. The highest BCUT2D eigenvalue weighted by Crippen LogP contribution is 2.43. The highest BCUT2D eigenvalue weighted by molar-refractivity contribution is 6.30. The SMILES string of the molecule is NCCc1cc(Cl)ccc1OC1CCOC2(CCC2)C1. The van der Waals surface area contributed by atoms with E-state index in [1.54, 1.807) is 0 Å². The molecule has 1 aliphatic carbocycles. The molecule has 2 aliphatic rings. The smallest absolute Gasteiger partial charge is 0.123 e. The molecule has 1 spiro atoms. The summed E-state index contributed by atoms with van der Waals surface area (Å²) < 4.78 is 12.2. The van der Waals surface area contributed by atoms with E-state index in [2.05, 4.69) is 0 Å². The maximum atomic E-state index is 6.23. The van der Waals surface area contributed by atoms with Gasteiger partial charge in [-0.2, -0.15) is 0 Å². The van der Waals surface area contributed by atoms with E-state index in [0.717, 1.165) is 42.2 Å². The lowest BCUT2D eigenvalue weighted by Crippen LogP contribution is -2.48. The monoisotopic (exact) mass is 295 g/mol. The van der Waals surface area contributed by atoms with Crippen molar-refractivity contribution >= 4 is 11.6 Å². The Bertz CT molecular complexity index is 474. The number of rotatable bonds is 4. The van der Waals surface area contributed by atoms with Crippen LogP contribution in [0.25, 0.3) is 0 Å². The Morgan fingerprint density at radius 3 is 2.95 bits per heavy atom. The van der Waals surface area contributed by atoms with Gasteiger partial charge in [-0.05, 0) is 56.0 Å². The fourth-order valence-corrected chi connectivity index (χ4v) is 3.39. The van der Waals surface area contributed by atoms with E-state index in [0.29, 0.717) is 6.54 Å². The van der Waals surface area contributed by atoms with Crippen molar-refractivity contribution in [2.75, 3.05) is 13.2 Å². The number of hydrogen-bond acceptors (Lipinski definition) is 3. The van der Waals surface area contributed by atoms with E-state index in [9.17, 15) is 0 Å². The van der Waals surface area contributed by atoms with Crippen molar-refractivity contribution in [3.8, 4) is 5.75 Å². The van der Waals surface area contributed by atoms with Gasteiger partial charge in [0.15, 0.2) is 0 Å². The Balaban J connectivity index is 1.70. The Morgan fingerprint density at radius 2 is 2.25 bits per heavy atom. The zero-order chi connectivity index (χ0) is 14.0. The summed E-state index contributed by atoms with van der Waals surface area (Å²) in [4.78, 5) is 0. The number of halogens is 1. The van der Waals surface area contributed by atoms with Crippen LogP contribution >= 0.6 is 11.6 Å². The first-order valence-corrected chi connectivity index (χ1v) is 7.88. The third-order valence-corrected chi connectivity index (χ3v) is 4.68. The van der Waals surface area contributed by atoms with Crippen LogP contribution < -0.4 is 10.5 Å². The van der Waals surface area contributed by atoms with Crippen LogP contribution in [-0.2, 0) is 11.2 Å². The van der Waals surface area contributed by atoms with Gasteiger partial charge in [-0.1, -0.05) is 11.6 Å². The molecule has 0 aromatic heterocycles. The van der Waals surface area contributed by atoms with E-state index in [1.165, 1.54) is 19.3 Å². The lowest BCUT2D eigenvalue weighted by molar-refractivity contribution is -0.153. The summed E-state index contributed by atoms with van der Waals surface area (Å²) in [7, 11) is 0. The Hall–Kier alpha value is -0.770. The number of ether oxygens (including phenoxy) is 2. The van der Waals surface area contributed by atoms with E-state index >= 15 is 0 Å². The van der Waals surface area contributed by atoms with E-state index in [-0.39, 0.29) is 11.7 Å². The molecule has 2 fully saturated rings. The first-order valence-electron chi connectivity index (χ1n) is 7.50. The van der Waals surface area contributed by atoms with Crippen LogP contribution in [0.2, 0.25) is 5.02 Å². The van der Waals surface area contributed by atoms with Gasteiger partial charge >= 0.3 is 0 Å². The predicted molar refractivity (Wildman–Crippen MR) is 80.4 cm³/mol. The van der Waals surface area contributed by atoms with E-state index in [1.807, 2.05) is 18.2 Å². The summed E-state index contributed by atoms with van der Waals surface area (Å²) in [6, 6.07) is 5.81. The molecule has 20 heavy (non-hydrogen) atoms. The molecule has 1 heterocycles. The predicted octanol–water partition coefficient (Wildman–Crippen LogP) is 3.32. The second-order valence-corrected chi connectivity index (χ2v) is 6.34. The third-order valence-electron chi connectivity index (χ3n) is 4.44. The van der Waals surface area contributed by atoms with Gasteiger partial charge < -0.3 is 15.2 Å². The van der Waals surface area contributed by atoms with Crippen molar-refractivity contribution < 1.29 is 9.47 Å². The van der Waals surface area contributed by atoms with E-state index in [4.69, 9.17) is 26.8 Å². The van der Waals surface area contributed by atoms with Gasteiger partial charge in [-0.3, -0.25) is 0 Å². The molecule has 1 atom stereocenters. The van der Waals surface area contributed by atoms with Gasteiger partial charge in [-0.15, -0.1) is 0 Å². The molecule has 0 bridgehead atoms. The highest BCUT2D eigenvalue weighted by atomic mass is 35.5. The number of hydrogen-bond donors (Lipinski definition) is 1. The van der Waals surface area contributed by atoms with E-state index < -0.39 is 0 Å². The first kappa shape index (κ1) is 14.2. The molecule has 2 N–H and O–H groups in total. The average Bonchev–Trinajstić information content (AvgIpc) is 2.41. The van der Waals surface area contributed by atoms with Crippen molar-refractivity contribution in [2.24, 2.45) is 5.73 Å². The lowest BCUT2D eigenvalue weighted by Gasteiger charge is -2.47. The normalized spacial score (nSPS) is 24.4. The first-order chi connectivity index (χ1) is 9.71. The largest absolute Gasteiger partial charge is 0.490 e. The molecular formula is C16H22ClNO2. The minimum atomic E-state index is 0.114. The molecule has 1 aromatic rings. The molecule has 1 aliphatic heterocycles.